The first-order valence-corrected chi connectivity index (χ1v) is 27.3. The van der Waals surface area contributed by atoms with Gasteiger partial charge in [0.05, 0.1) is 22.1 Å². The molecule has 11 heterocycles. The molecule has 390 valence electrons. The Morgan fingerprint density at radius 3 is 0.892 bits per heavy atom. The van der Waals surface area contributed by atoms with Crippen molar-refractivity contribution < 1.29 is 22.1 Å². The lowest BCUT2D eigenvalue weighted by molar-refractivity contribution is 0.558. The molecule has 0 radical (unpaired) electrons. The van der Waals surface area contributed by atoms with Crippen molar-refractivity contribution >= 4 is 65.6 Å². The van der Waals surface area contributed by atoms with Crippen molar-refractivity contribution in [2.75, 3.05) is 0 Å². The van der Waals surface area contributed by atoms with Crippen LogP contribution in [0.15, 0.2) is 277 Å². The maximum absolute atomic E-state index is 6.60. The van der Waals surface area contributed by atoms with E-state index in [4.69, 9.17) is 22.1 Å². The van der Waals surface area contributed by atoms with Gasteiger partial charge in [0.1, 0.15) is 45.5 Å². The Morgan fingerprint density at radius 2 is 0.530 bits per heavy atom. The van der Waals surface area contributed by atoms with Crippen LogP contribution < -0.4 is 0 Å². The molecule has 0 spiro atoms. The quantitative estimate of drug-likeness (QED) is 0.131. The average molecular weight is 1070 g/mol. The molecule has 0 bridgehead atoms. The van der Waals surface area contributed by atoms with Gasteiger partial charge in [-0.25, -0.2) is 0 Å². The zero-order valence-electron chi connectivity index (χ0n) is 44.0. The fourth-order valence-electron chi connectivity index (χ4n) is 11.8. The highest BCUT2D eigenvalue weighted by Crippen LogP contribution is 2.43. The molecule has 0 aliphatic rings. The molecular formula is C72H42N6O5. The molecule has 0 saturated carbocycles. The van der Waals surface area contributed by atoms with Crippen molar-refractivity contribution in [2.24, 2.45) is 0 Å². The Morgan fingerprint density at radius 1 is 0.229 bits per heavy atom. The van der Waals surface area contributed by atoms with Crippen LogP contribution in [0, 0.1) is 0 Å². The van der Waals surface area contributed by atoms with Crippen LogP contribution >= 0.6 is 0 Å². The first-order chi connectivity index (χ1) is 41.1. The van der Waals surface area contributed by atoms with Gasteiger partial charge in [-0.15, -0.1) is 0 Å². The molecular weight excluding hydrogens is 1030 g/mol. The minimum absolute atomic E-state index is 0.690. The number of fused-ring (bicyclic) bond motifs is 9. The van der Waals surface area contributed by atoms with Gasteiger partial charge >= 0.3 is 0 Å². The Balaban J connectivity index is 0.776. The third-order valence-corrected chi connectivity index (χ3v) is 15.7. The smallest absolute Gasteiger partial charge is 0.205 e. The van der Waals surface area contributed by atoms with Gasteiger partial charge in [-0.3, -0.25) is 29.1 Å². The number of pyridine rings is 4. The van der Waals surface area contributed by atoms with Crippen molar-refractivity contribution in [2.45, 2.75) is 0 Å². The minimum Gasteiger partial charge on any atom is -0.456 e. The van der Waals surface area contributed by atoms with Crippen molar-refractivity contribution in [3.05, 3.63) is 255 Å². The van der Waals surface area contributed by atoms with Gasteiger partial charge in [0.15, 0.2) is 23.0 Å². The summed E-state index contributed by atoms with van der Waals surface area (Å²) < 4.78 is 37.0. The summed E-state index contributed by atoms with van der Waals surface area (Å²) in [6.45, 7) is 0. The van der Waals surface area contributed by atoms with Crippen molar-refractivity contribution in [3.8, 4) is 102 Å². The Kier molecular flexibility index (Phi) is 10.3. The van der Waals surface area contributed by atoms with E-state index in [2.05, 4.69) is 138 Å². The van der Waals surface area contributed by atoms with Crippen LogP contribution in [0.1, 0.15) is 0 Å². The van der Waals surface area contributed by atoms with E-state index in [0.717, 1.165) is 133 Å². The van der Waals surface area contributed by atoms with Gasteiger partial charge < -0.3 is 22.1 Å². The molecule has 17 aromatic rings. The molecule has 83 heavy (non-hydrogen) atoms. The number of rotatable bonds is 10. The molecule has 0 amide bonds. The fraction of sp³-hybridized carbons (Fsp3) is 0. The number of benzene rings is 6. The monoisotopic (exact) mass is 1070 g/mol. The van der Waals surface area contributed by atoms with Gasteiger partial charge in [-0.05, 0) is 192 Å². The molecule has 0 aliphatic carbocycles. The van der Waals surface area contributed by atoms with E-state index in [1.54, 1.807) is 24.8 Å². The zero-order valence-corrected chi connectivity index (χ0v) is 44.0. The summed E-state index contributed by atoms with van der Waals surface area (Å²) in [6.07, 6.45) is 7.11. The Bertz CT molecular complexity index is 5000. The molecule has 0 atom stereocenters. The standard InChI is InChI=1S/C72H42N6O5/c1-5-33-73-55(9-1)67-27-25-63(79-67)47-15-21-61-51(41-47)49-37-43(13-19-59(49)77(61)71-31-29-69(82-71)57-11-3-7-35-75-57)45-17-23-65-53(39-45)54-40-46(18-24-66(54)81-65)44-14-20-60-50(38-44)52-42-48(64-26-28-68(80-64)56-10-2-6-34-74-56)16-22-62(52)78(60)72-32-30-70(83-72)58-12-4-8-36-76-58/h1-42H. The highest BCUT2D eigenvalue weighted by molar-refractivity contribution is 6.14. The third kappa shape index (κ3) is 7.74. The lowest BCUT2D eigenvalue weighted by Crippen LogP contribution is -1.91. The Labute approximate surface area is 472 Å². The summed E-state index contributed by atoms with van der Waals surface area (Å²) in [5.41, 5.74) is 14.9. The molecule has 11 heteroatoms. The second-order valence-corrected chi connectivity index (χ2v) is 20.6. The molecule has 0 N–H and O–H groups in total. The van der Waals surface area contributed by atoms with Crippen LogP contribution in [0.2, 0.25) is 0 Å². The van der Waals surface area contributed by atoms with E-state index in [9.17, 15) is 0 Å². The van der Waals surface area contributed by atoms with Gasteiger partial charge in [0.2, 0.25) is 11.8 Å². The summed E-state index contributed by atoms with van der Waals surface area (Å²) >= 11 is 0. The highest BCUT2D eigenvalue weighted by Gasteiger charge is 2.22. The second-order valence-electron chi connectivity index (χ2n) is 20.6. The van der Waals surface area contributed by atoms with E-state index in [1.807, 2.05) is 121 Å². The largest absolute Gasteiger partial charge is 0.456 e. The predicted octanol–water partition coefficient (Wildman–Crippen LogP) is 19.1. The normalized spacial score (nSPS) is 11.9. The van der Waals surface area contributed by atoms with Crippen LogP contribution in [-0.2, 0) is 0 Å². The summed E-state index contributed by atoms with van der Waals surface area (Å²) in [7, 11) is 0. The predicted molar refractivity (Wildman–Crippen MR) is 326 cm³/mol. The van der Waals surface area contributed by atoms with E-state index >= 15 is 0 Å². The topological polar surface area (TPSA) is 127 Å². The first-order valence-electron chi connectivity index (χ1n) is 27.3. The summed E-state index contributed by atoms with van der Waals surface area (Å²) in [6, 6.07) is 78.4. The van der Waals surface area contributed by atoms with Gasteiger partial charge in [0.25, 0.3) is 0 Å². The lowest BCUT2D eigenvalue weighted by atomic mass is 9.98. The van der Waals surface area contributed by atoms with Crippen LogP contribution in [0.4, 0.5) is 0 Å². The SMILES string of the molecule is c1ccc(-c2ccc(-c3ccc4c(c3)c3cc(-c5ccc6oc7ccc(-c8ccc9c(c8)c8cc(-c%10ccc(-c%11ccccn%11)o%10)ccc8n9-c8ccc(-c9ccccn9)o8)cc7c6c5)ccc3n4-c3ccc(-c4ccccn4)o3)o2)nc1. The molecule has 11 aromatic heterocycles. The zero-order chi connectivity index (χ0) is 54.5. The molecule has 0 aliphatic heterocycles. The third-order valence-electron chi connectivity index (χ3n) is 15.7. The second kappa shape index (κ2) is 18.5. The summed E-state index contributed by atoms with van der Waals surface area (Å²) in [5.74, 6) is 5.68. The van der Waals surface area contributed by atoms with E-state index < -0.39 is 0 Å². The van der Waals surface area contributed by atoms with Crippen molar-refractivity contribution in [1.82, 2.24) is 29.1 Å². The van der Waals surface area contributed by atoms with E-state index in [-0.39, 0.29) is 0 Å². The highest BCUT2D eigenvalue weighted by atomic mass is 16.4. The fourth-order valence-corrected chi connectivity index (χ4v) is 11.8. The lowest BCUT2D eigenvalue weighted by Gasteiger charge is -2.06. The number of aromatic nitrogens is 6. The molecule has 17 rings (SSSR count). The van der Waals surface area contributed by atoms with Crippen LogP contribution in [0.5, 0.6) is 0 Å². The van der Waals surface area contributed by atoms with Crippen LogP contribution in [0.3, 0.4) is 0 Å². The number of hydrogen-bond acceptors (Lipinski definition) is 9. The molecule has 0 unspecified atom stereocenters. The molecule has 0 saturated heterocycles. The van der Waals surface area contributed by atoms with Crippen molar-refractivity contribution in [3.63, 3.8) is 0 Å². The minimum atomic E-state index is 0.690. The summed E-state index contributed by atoms with van der Waals surface area (Å²) in [5, 5.41) is 6.28. The van der Waals surface area contributed by atoms with Crippen LogP contribution in [-0.4, -0.2) is 29.1 Å². The molecule has 11 nitrogen and oxygen atoms in total. The number of furan rings is 5. The number of hydrogen-bond donors (Lipinski definition) is 0. The average Bonchev–Trinajstić information content (AvgIpc) is 4.24. The van der Waals surface area contributed by atoms with Crippen LogP contribution in [0.25, 0.3) is 168 Å². The van der Waals surface area contributed by atoms with Gasteiger partial charge in [-0.2, -0.15) is 0 Å². The van der Waals surface area contributed by atoms with Gasteiger partial charge in [-0.1, -0.05) is 48.5 Å². The van der Waals surface area contributed by atoms with E-state index in [0.29, 0.717) is 34.8 Å². The number of nitrogens with zero attached hydrogens (tertiary/aromatic N) is 6. The van der Waals surface area contributed by atoms with Crippen molar-refractivity contribution in [1.29, 1.82) is 0 Å². The van der Waals surface area contributed by atoms with Gasteiger partial charge in [0, 0.05) is 80.4 Å². The summed E-state index contributed by atoms with van der Waals surface area (Å²) in [4.78, 5) is 18.2. The first kappa shape index (κ1) is 46.4. The molecule has 0 fully saturated rings. The maximum atomic E-state index is 6.60. The maximum Gasteiger partial charge on any atom is 0.205 e. The van der Waals surface area contributed by atoms with E-state index in [1.165, 1.54) is 0 Å². The Hall–Kier alpha value is -11.6. The molecule has 6 aromatic carbocycles.